The first kappa shape index (κ1) is 7.75. The van der Waals surface area contributed by atoms with Crippen molar-refractivity contribution in [1.82, 2.24) is 15.7 Å². The van der Waals surface area contributed by atoms with Crippen molar-refractivity contribution in [3.8, 4) is 0 Å². The van der Waals surface area contributed by atoms with Gasteiger partial charge in [-0.25, -0.2) is 0 Å². The third-order valence-electron chi connectivity index (χ3n) is 1.78. The lowest BCUT2D eigenvalue weighted by molar-refractivity contribution is 0.0967. The van der Waals surface area contributed by atoms with Crippen molar-refractivity contribution < 1.29 is 4.79 Å². The van der Waals surface area contributed by atoms with Crippen LogP contribution >= 0.6 is 0 Å². The van der Waals surface area contributed by atoms with E-state index >= 15 is 0 Å². The van der Waals surface area contributed by atoms with Gasteiger partial charge in [-0.1, -0.05) is 18.2 Å². The van der Waals surface area contributed by atoms with Crippen molar-refractivity contribution in [3.05, 3.63) is 35.2 Å². The average Bonchev–Trinajstić information content (AvgIpc) is 2.60. The van der Waals surface area contributed by atoms with Crippen LogP contribution in [0.5, 0.6) is 0 Å². The number of hydrogen-bond donors (Lipinski definition) is 2. The molecule has 1 amide bonds. The van der Waals surface area contributed by atoms with Gasteiger partial charge in [-0.15, -0.1) is 0 Å². The van der Waals surface area contributed by atoms with Gasteiger partial charge >= 0.3 is 0 Å². The number of fused-ring (bicyclic) bond motifs is 1. The summed E-state index contributed by atoms with van der Waals surface area (Å²) in [5, 5.41) is 17.2. The highest BCUT2D eigenvalue weighted by atomic mass is 16.5. The van der Waals surface area contributed by atoms with Gasteiger partial charge in [0.15, 0.2) is 5.69 Å². The fraction of sp³-hybridized carbons (Fsp3) is 0. The van der Waals surface area contributed by atoms with Crippen LogP contribution in [0.1, 0.15) is 10.5 Å². The van der Waals surface area contributed by atoms with Gasteiger partial charge in [-0.05, 0) is 6.07 Å². The molecule has 2 aromatic rings. The molecule has 0 radical (unpaired) electrons. The van der Waals surface area contributed by atoms with Crippen LogP contribution in [-0.2, 0) is 0 Å². The van der Waals surface area contributed by atoms with Gasteiger partial charge in [0.05, 0.1) is 5.52 Å². The molecule has 1 heterocycles. The maximum absolute atomic E-state index is 11.0. The lowest BCUT2D eigenvalue weighted by atomic mass is 10.2. The Morgan fingerprint density at radius 2 is 2.23 bits per heavy atom. The lowest BCUT2D eigenvalue weighted by Crippen LogP contribution is -2.16. The maximum Gasteiger partial charge on any atom is 0.261 e. The molecular weight excluding hydrogens is 170 g/mol. The molecule has 0 unspecified atom stereocenters. The van der Waals surface area contributed by atoms with Crippen LogP contribution in [0.25, 0.3) is 10.9 Å². The molecule has 13 heavy (non-hydrogen) atoms. The van der Waals surface area contributed by atoms with Crippen LogP contribution in [-0.4, -0.2) is 16.1 Å². The van der Waals surface area contributed by atoms with Gasteiger partial charge < -0.3 is 10.7 Å². The van der Waals surface area contributed by atoms with Gasteiger partial charge in [-0.2, -0.15) is 5.10 Å². The zero-order chi connectivity index (χ0) is 9.26. The Hall–Kier alpha value is -1.88. The van der Waals surface area contributed by atoms with Gasteiger partial charge in [-0.3, -0.25) is 9.89 Å². The van der Waals surface area contributed by atoms with E-state index in [2.05, 4.69) is 10.2 Å². The number of benzene rings is 1. The number of aromatic amines is 1. The molecule has 1 aromatic heterocycles. The first-order chi connectivity index (χ1) is 6.33. The van der Waals surface area contributed by atoms with Crippen molar-refractivity contribution in [1.29, 1.82) is 0 Å². The van der Waals surface area contributed by atoms with Crippen molar-refractivity contribution in [2.75, 3.05) is 0 Å². The molecule has 2 N–H and O–H groups in total. The summed E-state index contributed by atoms with van der Waals surface area (Å²) in [5.41, 5.74) is 2.16. The lowest BCUT2D eigenvalue weighted by Gasteiger charge is -2.03. The molecule has 2 rings (SSSR count). The first-order valence-corrected chi connectivity index (χ1v) is 3.68. The summed E-state index contributed by atoms with van der Waals surface area (Å²) in [4.78, 5) is 11.0. The largest absolute Gasteiger partial charge is 0.759 e. The molecule has 0 bridgehead atoms. The maximum atomic E-state index is 11.0. The first-order valence-electron chi connectivity index (χ1n) is 3.68. The monoisotopic (exact) mass is 176 g/mol. The quantitative estimate of drug-likeness (QED) is 0.630. The van der Waals surface area contributed by atoms with Crippen LogP contribution in [0.3, 0.4) is 0 Å². The number of carbonyl (C=O) groups excluding carboxylic acids is 1. The molecule has 0 fully saturated rings. The van der Waals surface area contributed by atoms with E-state index in [1.807, 2.05) is 6.07 Å². The predicted molar refractivity (Wildman–Crippen MR) is 46.9 cm³/mol. The molecule has 1 aromatic carbocycles. The van der Waals surface area contributed by atoms with E-state index in [-0.39, 0.29) is 5.69 Å². The average molecular weight is 176 g/mol. The molecule has 0 saturated carbocycles. The third-order valence-corrected chi connectivity index (χ3v) is 1.78. The Kier molecular flexibility index (Phi) is 1.71. The number of para-hydroxylation sites is 1. The summed E-state index contributed by atoms with van der Waals surface area (Å²) in [7, 11) is 0. The second kappa shape index (κ2) is 2.87. The smallest absolute Gasteiger partial charge is 0.261 e. The summed E-state index contributed by atoms with van der Waals surface area (Å²) in [5.74, 6) is -0.725. The Labute approximate surface area is 73.3 Å². The highest BCUT2D eigenvalue weighted by Gasteiger charge is 2.09. The zero-order valence-electron chi connectivity index (χ0n) is 6.57. The summed E-state index contributed by atoms with van der Waals surface area (Å²) >= 11 is 0. The van der Waals surface area contributed by atoms with Crippen molar-refractivity contribution in [3.63, 3.8) is 0 Å². The van der Waals surface area contributed by atoms with Crippen LogP contribution in [0.4, 0.5) is 0 Å². The summed E-state index contributed by atoms with van der Waals surface area (Å²) in [6.07, 6.45) is 0. The zero-order valence-corrected chi connectivity index (χ0v) is 6.57. The number of hydroxylamine groups is 1. The van der Waals surface area contributed by atoms with E-state index in [0.29, 0.717) is 5.39 Å². The van der Waals surface area contributed by atoms with E-state index in [0.717, 1.165) is 5.52 Å². The predicted octanol–water partition coefficient (Wildman–Crippen LogP) is 0.790. The Morgan fingerprint density at radius 3 is 3.00 bits per heavy atom. The molecule has 0 aliphatic carbocycles. The SMILES string of the molecule is O=C(N[O-])c1n[nH]c2ccccc12. The Morgan fingerprint density at radius 1 is 1.46 bits per heavy atom. The van der Waals surface area contributed by atoms with E-state index in [1.165, 1.54) is 5.48 Å². The van der Waals surface area contributed by atoms with Crippen LogP contribution in [0.2, 0.25) is 0 Å². The van der Waals surface area contributed by atoms with E-state index in [1.54, 1.807) is 18.2 Å². The highest BCUT2D eigenvalue weighted by molar-refractivity contribution is 6.04. The Balaban J connectivity index is 2.64. The number of nitrogens with zero attached hydrogens (tertiary/aromatic N) is 1. The number of aromatic nitrogens is 2. The molecule has 0 atom stereocenters. The molecule has 5 heteroatoms. The van der Waals surface area contributed by atoms with Gasteiger partial charge in [0, 0.05) is 5.39 Å². The van der Waals surface area contributed by atoms with Crippen molar-refractivity contribution in [2.24, 2.45) is 0 Å². The minimum atomic E-state index is -0.725. The van der Waals surface area contributed by atoms with Crippen LogP contribution in [0, 0.1) is 5.21 Å². The summed E-state index contributed by atoms with van der Waals surface area (Å²) < 4.78 is 0. The van der Waals surface area contributed by atoms with Gasteiger partial charge in [0.2, 0.25) is 0 Å². The summed E-state index contributed by atoms with van der Waals surface area (Å²) in [6.45, 7) is 0. The molecule has 0 spiro atoms. The number of H-pyrrole nitrogens is 1. The molecule has 0 aliphatic rings. The minimum absolute atomic E-state index is 0.130. The van der Waals surface area contributed by atoms with E-state index < -0.39 is 5.91 Å². The van der Waals surface area contributed by atoms with E-state index in [9.17, 15) is 10.0 Å². The number of rotatable bonds is 1. The molecule has 0 saturated heterocycles. The standard InChI is InChI=1S/C8H6N3O2/c12-8(11-13)7-5-3-1-2-4-6(5)9-10-7/h1-4H,(H2-,9,10,11,12,13)/q-1. The minimum Gasteiger partial charge on any atom is -0.759 e. The number of hydrogen-bond acceptors (Lipinski definition) is 3. The topological polar surface area (TPSA) is 80.8 Å². The van der Waals surface area contributed by atoms with Crippen LogP contribution < -0.4 is 5.48 Å². The van der Waals surface area contributed by atoms with Crippen LogP contribution in [0.15, 0.2) is 24.3 Å². The third kappa shape index (κ3) is 1.15. The Bertz CT molecular complexity index is 449. The second-order valence-electron chi connectivity index (χ2n) is 2.55. The molecule has 5 nitrogen and oxygen atoms in total. The van der Waals surface area contributed by atoms with Gasteiger partial charge in [0.25, 0.3) is 5.91 Å². The second-order valence-corrected chi connectivity index (χ2v) is 2.55. The number of carbonyl (C=O) groups is 1. The normalized spacial score (nSPS) is 10.2. The number of nitrogens with one attached hydrogen (secondary N) is 2. The summed E-state index contributed by atoms with van der Waals surface area (Å²) in [6, 6.07) is 7.10. The fourth-order valence-corrected chi connectivity index (χ4v) is 1.18. The fourth-order valence-electron chi connectivity index (χ4n) is 1.18. The molecular formula is C8H6N3O2-. The van der Waals surface area contributed by atoms with Crippen molar-refractivity contribution in [2.45, 2.75) is 0 Å². The van der Waals surface area contributed by atoms with Gasteiger partial charge in [0.1, 0.15) is 0 Å². The molecule has 66 valence electrons. The van der Waals surface area contributed by atoms with E-state index in [4.69, 9.17) is 0 Å². The highest BCUT2D eigenvalue weighted by Crippen LogP contribution is 2.14. The number of amides is 1. The molecule has 0 aliphatic heterocycles. The van der Waals surface area contributed by atoms with Crippen molar-refractivity contribution >= 4 is 16.8 Å².